The lowest BCUT2D eigenvalue weighted by Gasteiger charge is -2.34. The van der Waals surface area contributed by atoms with Gasteiger partial charge in [-0.05, 0) is 55.0 Å². The van der Waals surface area contributed by atoms with Crippen molar-refractivity contribution >= 4 is 40.1 Å². The van der Waals surface area contributed by atoms with Crippen molar-refractivity contribution in [2.75, 3.05) is 12.9 Å². The molecule has 17 heavy (non-hydrogen) atoms. The standard InChI is InChI=1S/C13H17ClINO/c1-9-6-5-7-10(11(9)15)12(17)16(4)13(2,3)8-14/h5-7H,8H2,1-4H3. The van der Waals surface area contributed by atoms with Crippen LogP contribution in [0.2, 0.25) is 0 Å². The summed E-state index contributed by atoms with van der Waals surface area (Å²) in [5, 5.41) is 0. The zero-order chi connectivity index (χ0) is 13.2. The van der Waals surface area contributed by atoms with Crippen LogP contribution in [0, 0.1) is 10.5 Å². The fourth-order valence-corrected chi connectivity index (χ4v) is 2.13. The molecule has 0 N–H and O–H groups in total. The van der Waals surface area contributed by atoms with Gasteiger partial charge in [-0.3, -0.25) is 4.79 Å². The molecule has 94 valence electrons. The number of nitrogens with zero attached hydrogens (tertiary/aromatic N) is 1. The topological polar surface area (TPSA) is 20.3 Å². The van der Waals surface area contributed by atoms with Crippen molar-refractivity contribution < 1.29 is 4.79 Å². The molecule has 0 fully saturated rings. The number of hydrogen-bond donors (Lipinski definition) is 0. The maximum Gasteiger partial charge on any atom is 0.255 e. The Bertz CT molecular complexity index is 431. The molecule has 0 radical (unpaired) electrons. The number of rotatable bonds is 3. The summed E-state index contributed by atoms with van der Waals surface area (Å²) in [4.78, 5) is 14.1. The van der Waals surface area contributed by atoms with Crippen LogP contribution < -0.4 is 0 Å². The Balaban J connectivity index is 3.09. The van der Waals surface area contributed by atoms with E-state index in [-0.39, 0.29) is 11.4 Å². The average molecular weight is 366 g/mol. The van der Waals surface area contributed by atoms with Gasteiger partial charge in [-0.2, -0.15) is 0 Å². The third-order valence-electron chi connectivity index (χ3n) is 2.96. The molecule has 0 aliphatic heterocycles. The maximum atomic E-state index is 12.4. The number of carbonyl (C=O) groups excluding carboxylic acids is 1. The Morgan fingerprint density at radius 3 is 2.59 bits per heavy atom. The molecule has 2 nitrogen and oxygen atoms in total. The quantitative estimate of drug-likeness (QED) is 0.591. The molecule has 0 aliphatic carbocycles. The summed E-state index contributed by atoms with van der Waals surface area (Å²) < 4.78 is 1.01. The van der Waals surface area contributed by atoms with Gasteiger partial charge in [0, 0.05) is 16.5 Å². The van der Waals surface area contributed by atoms with Gasteiger partial charge < -0.3 is 4.90 Å². The molecule has 0 bridgehead atoms. The van der Waals surface area contributed by atoms with Crippen LogP contribution in [-0.4, -0.2) is 29.3 Å². The number of carbonyl (C=O) groups is 1. The lowest BCUT2D eigenvalue weighted by atomic mass is 10.0. The van der Waals surface area contributed by atoms with Gasteiger partial charge in [0.15, 0.2) is 0 Å². The molecular formula is C13H17ClINO. The molecule has 1 aromatic carbocycles. The van der Waals surface area contributed by atoms with Crippen LogP contribution >= 0.6 is 34.2 Å². The smallest absolute Gasteiger partial charge is 0.255 e. The molecule has 0 aromatic heterocycles. The Labute approximate surface area is 121 Å². The first-order valence-electron chi connectivity index (χ1n) is 5.40. The summed E-state index contributed by atoms with van der Waals surface area (Å²) in [6.07, 6.45) is 0. The SMILES string of the molecule is Cc1cccc(C(=O)N(C)C(C)(C)CCl)c1I. The van der Waals surface area contributed by atoms with Crippen molar-refractivity contribution in [3.63, 3.8) is 0 Å². The number of alkyl halides is 1. The highest BCUT2D eigenvalue weighted by molar-refractivity contribution is 14.1. The van der Waals surface area contributed by atoms with Gasteiger partial charge in [-0.25, -0.2) is 0 Å². The summed E-state index contributed by atoms with van der Waals surface area (Å²) in [6, 6.07) is 5.77. The van der Waals surface area contributed by atoms with E-state index in [0.29, 0.717) is 5.88 Å². The molecule has 0 heterocycles. The van der Waals surface area contributed by atoms with Crippen LogP contribution in [0.15, 0.2) is 18.2 Å². The van der Waals surface area contributed by atoms with Gasteiger partial charge >= 0.3 is 0 Å². The maximum absolute atomic E-state index is 12.4. The Kier molecular flexibility index (Phi) is 4.84. The van der Waals surface area contributed by atoms with Crippen LogP contribution in [-0.2, 0) is 0 Å². The first kappa shape index (κ1) is 14.8. The number of benzene rings is 1. The lowest BCUT2D eigenvalue weighted by Crippen LogP contribution is -2.46. The summed E-state index contributed by atoms with van der Waals surface area (Å²) >= 11 is 8.11. The second kappa shape index (κ2) is 5.57. The van der Waals surface area contributed by atoms with Crippen molar-refractivity contribution in [3.8, 4) is 0 Å². The van der Waals surface area contributed by atoms with Crippen LogP contribution in [0.4, 0.5) is 0 Å². The van der Waals surface area contributed by atoms with Gasteiger partial charge in [0.2, 0.25) is 0 Å². The normalized spacial score (nSPS) is 11.4. The fraction of sp³-hybridized carbons (Fsp3) is 0.462. The molecule has 0 unspecified atom stereocenters. The monoisotopic (exact) mass is 365 g/mol. The third-order valence-corrected chi connectivity index (χ3v) is 5.05. The van der Waals surface area contributed by atoms with E-state index in [2.05, 4.69) is 22.6 Å². The summed E-state index contributed by atoms with van der Waals surface area (Å²) in [7, 11) is 1.79. The van der Waals surface area contributed by atoms with Gasteiger partial charge in [0.05, 0.1) is 11.1 Å². The largest absolute Gasteiger partial charge is 0.335 e. The minimum Gasteiger partial charge on any atom is -0.335 e. The van der Waals surface area contributed by atoms with E-state index in [1.807, 2.05) is 39.0 Å². The molecule has 1 aromatic rings. The third kappa shape index (κ3) is 3.13. The number of amides is 1. The average Bonchev–Trinajstić information content (AvgIpc) is 2.30. The van der Waals surface area contributed by atoms with Crippen LogP contribution in [0.3, 0.4) is 0 Å². The van der Waals surface area contributed by atoms with E-state index in [0.717, 1.165) is 14.7 Å². The highest BCUT2D eigenvalue weighted by Crippen LogP contribution is 2.22. The summed E-state index contributed by atoms with van der Waals surface area (Å²) in [5.41, 5.74) is 1.52. The van der Waals surface area contributed by atoms with Crippen molar-refractivity contribution in [2.24, 2.45) is 0 Å². The summed E-state index contributed by atoms with van der Waals surface area (Å²) in [5.74, 6) is 0.432. The van der Waals surface area contributed by atoms with Crippen molar-refractivity contribution in [2.45, 2.75) is 26.3 Å². The van der Waals surface area contributed by atoms with Gasteiger partial charge in [0.25, 0.3) is 5.91 Å². The Morgan fingerprint density at radius 1 is 1.47 bits per heavy atom. The number of hydrogen-bond acceptors (Lipinski definition) is 1. The van der Waals surface area contributed by atoms with E-state index in [1.165, 1.54) is 0 Å². The van der Waals surface area contributed by atoms with E-state index in [4.69, 9.17) is 11.6 Å². The van der Waals surface area contributed by atoms with Crippen LogP contribution in [0.5, 0.6) is 0 Å². The molecule has 0 spiro atoms. The van der Waals surface area contributed by atoms with Crippen LogP contribution in [0.1, 0.15) is 29.8 Å². The van der Waals surface area contributed by atoms with Crippen LogP contribution in [0.25, 0.3) is 0 Å². The molecular weight excluding hydrogens is 349 g/mol. The summed E-state index contributed by atoms with van der Waals surface area (Å²) in [6.45, 7) is 5.92. The molecule has 4 heteroatoms. The van der Waals surface area contributed by atoms with E-state index < -0.39 is 0 Å². The molecule has 0 atom stereocenters. The van der Waals surface area contributed by atoms with E-state index >= 15 is 0 Å². The van der Waals surface area contributed by atoms with E-state index in [9.17, 15) is 4.79 Å². The zero-order valence-electron chi connectivity index (χ0n) is 10.6. The number of aryl methyl sites for hydroxylation is 1. The fourth-order valence-electron chi connectivity index (χ4n) is 1.36. The van der Waals surface area contributed by atoms with Crippen molar-refractivity contribution in [3.05, 3.63) is 32.9 Å². The highest BCUT2D eigenvalue weighted by Gasteiger charge is 2.28. The van der Waals surface area contributed by atoms with Gasteiger partial charge in [-0.1, -0.05) is 12.1 Å². The first-order valence-corrected chi connectivity index (χ1v) is 7.02. The first-order chi connectivity index (χ1) is 7.81. The molecule has 0 saturated carbocycles. The second-order valence-electron chi connectivity index (χ2n) is 4.75. The minimum absolute atomic E-state index is 0.0174. The van der Waals surface area contributed by atoms with Crippen molar-refractivity contribution in [1.82, 2.24) is 4.90 Å². The Hall–Kier alpha value is -0.290. The van der Waals surface area contributed by atoms with Gasteiger partial charge in [-0.15, -0.1) is 11.6 Å². The van der Waals surface area contributed by atoms with Gasteiger partial charge in [0.1, 0.15) is 0 Å². The Morgan fingerprint density at radius 2 is 2.06 bits per heavy atom. The van der Waals surface area contributed by atoms with Crippen molar-refractivity contribution in [1.29, 1.82) is 0 Å². The molecule has 0 saturated heterocycles. The predicted octanol–water partition coefficient (Wildman–Crippen LogP) is 3.69. The van der Waals surface area contributed by atoms with E-state index in [1.54, 1.807) is 11.9 Å². The number of halogens is 2. The predicted molar refractivity (Wildman–Crippen MR) is 80.8 cm³/mol. The molecule has 0 aliphatic rings. The minimum atomic E-state index is -0.342. The molecule has 1 amide bonds. The molecule has 1 rings (SSSR count). The zero-order valence-corrected chi connectivity index (χ0v) is 13.5. The highest BCUT2D eigenvalue weighted by atomic mass is 127. The second-order valence-corrected chi connectivity index (χ2v) is 6.09. The lowest BCUT2D eigenvalue weighted by molar-refractivity contribution is 0.0659.